The summed E-state index contributed by atoms with van der Waals surface area (Å²) in [5.41, 5.74) is 1.71. The van der Waals surface area contributed by atoms with Gasteiger partial charge in [-0.15, -0.1) is 0 Å². The zero-order valence-electron chi connectivity index (χ0n) is 6.13. The largest absolute Gasteiger partial charge is 0.390 e. The number of aromatic nitrogens is 1. The summed E-state index contributed by atoms with van der Waals surface area (Å²) in [6, 6.07) is 0. The highest BCUT2D eigenvalue weighted by atomic mass is 16.5. The number of nitrogens with one attached hydrogen (secondary N) is 1. The van der Waals surface area contributed by atoms with Gasteiger partial charge in [-0.2, -0.15) is 0 Å². The molecule has 0 unspecified atom stereocenters. The number of nitrogens with zero attached hydrogens (tertiary/aromatic N) is 1. The minimum atomic E-state index is -0.0273. The maximum atomic E-state index is 8.83. The molecular formula is C7H10N2O2. The molecule has 0 aliphatic carbocycles. The number of rotatable bonds is 1. The van der Waals surface area contributed by atoms with Gasteiger partial charge in [-0.1, -0.05) is 5.16 Å². The molecule has 2 heterocycles. The lowest BCUT2D eigenvalue weighted by Crippen LogP contribution is -2.23. The van der Waals surface area contributed by atoms with Crippen LogP contribution in [-0.4, -0.2) is 16.8 Å². The summed E-state index contributed by atoms with van der Waals surface area (Å²) in [7, 11) is 0. The Morgan fingerprint density at radius 3 is 3.36 bits per heavy atom. The topological polar surface area (TPSA) is 58.3 Å². The van der Waals surface area contributed by atoms with Gasteiger partial charge in [0, 0.05) is 25.1 Å². The number of aliphatic hydroxyl groups excluding tert-OH is 1. The van der Waals surface area contributed by atoms with Crippen LogP contribution in [0.25, 0.3) is 0 Å². The van der Waals surface area contributed by atoms with Gasteiger partial charge >= 0.3 is 0 Å². The Labute approximate surface area is 64.2 Å². The van der Waals surface area contributed by atoms with E-state index in [-0.39, 0.29) is 6.61 Å². The zero-order chi connectivity index (χ0) is 7.68. The molecule has 0 saturated heterocycles. The van der Waals surface area contributed by atoms with E-state index in [9.17, 15) is 0 Å². The predicted octanol–water partition coefficient (Wildman–Crippen LogP) is -0.187. The van der Waals surface area contributed by atoms with E-state index in [0.29, 0.717) is 5.69 Å². The third kappa shape index (κ3) is 1.04. The van der Waals surface area contributed by atoms with E-state index in [1.165, 1.54) is 0 Å². The molecule has 0 fully saturated rings. The molecule has 1 aliphatic rings. The molecule has 0 bridgehead atoms. The molecule has 0 atom stereocenters. The van der Waals surface area contributed by atoms with Crippen LogP contribution >= 0.6 is 0 Å². The molecule has 0 radical (unpaired) electrons. The van der Waals surface area contributed by atoms with Gasteiger partial charge in [0.05, 0.1) is 6.61 Å². The summed E-state index contributed by atoms with van der Waals surface area (Å²) < 4.78 is 5.03. The lowest BCUT2D eigenvalue weighted by Gasteiger charge is -2.09. The van der Waals surface area contributed by atoms with Gasteiger partial charge in [0.2, 0.25) is 0 Å². The van der Waals surface area contributed by atoms with Crippen molar-refractivity contribution < 1.29 is 9.63 Å². The zero-order valence-corrected chi connectivity index (χ0v) is 6.13. The summed E-state index contributed by atoms with van der Waals surface area (Å²) in [6.07, 6.45) is 0.877. The first-order valence-electron chi connectivity index (χ1n) is 3.69. The Hall–Kier alpha value is -0.870. The van der Waals surface area contributed by atoms with Crippen molar-refractivity contribution in [3.63, 3.8) is 0 Å². The summed E-state index contributed by atoms with van der Waals surface area (Å²) >= 11 is 0. The van der Waals surface area contributed by atoms with Gasteiger partial charge < -0.3 is 14.9 Å². The fourth-order valence-corrected chi connectivity index (χ4v) is 1.32. The van der Waals surface area contributed by atoms with Crippen molar-refractivity contribution in [2.75, 3.05) is 6.54 Å². The molecule has 1 aromatic rings. The molecule has 0 spiro atoms. The third-order valence-electron chi connectivity index (χ3n) is 1.93. The Kier molecular flexibility index (Phi) is 1.63. The van der Waals surface area contributed by atoms with Crippen LogP contribution in [0.3, 0.4) is 0 Å². The van der Waals surface area contributed by atoms with Gasteiger partial charge in [-0.05, 0) is 0 Å². The lowest BCUT2D eigenvalue weighted by atomic mass is 10.1. The Bertz CT molecular complexity index is 243. The van der Waals surface area contributed by atoms with Crippen LogP contribution in [0.4, 0.5) is 0 Å². The molecule has 4 nitrogen and oxygen atoms in total. The van der Waals surface area contributed by atoms with E-state index in [2.05, 4.69) is 10.5 Å². The molecule has 2 rings (SSSR count). The summed E-state index contributed by atoms with van der Waals surface area (Å²) in [5.74, 6) is 0.924. The van der Waals surface area contributed by atoms with E-state index < -0.39 is 0 Å². The third-order valence-corrected chi connectivity index (χ3v) is 1.93. The minimum absolute atomic E-state index is 0.0273. The quantitative estimate of drug-likeness (QED) is 0.588. The second-order valence-corrected chi connectivity index (χ2v) is 2.62. The average Bonchev–Trinajstić information content (AvgIpc) is 2.47. The molecular weight excluding hydrogens is 144 g/mol. The summed E-state index contributed by atoms with van der Waals surface area (Å²) in [5, 5.41) is 15.8. The van der Waals surface area contributed by atoms with Crippen molar-refractivity contribution in [1.82, 2.24) is 10.5 Å². The molecule has 1 aliphatic heterocycles. The maximum Gasteiger partial charge on any atom is 0.142 e. The monoisotopic (exact) mass is 154 g/mol. The molecule has 1 aromatic heterocycles. The molecule has 0 aromatic carbocycles. The number of hydrogen-bond acceptors (Lipinski definition) is 4. The fraction of sp³-hybridized carbons (Fsp3) is 0.571. The van der Waals surface area contributed by atoms with Crippen LogP contribution in [0.2, 0.25) is 0 Å². The van der Waals surface area contributed by atoms with Gasteiger partial charge in [0.15, 0.2) is 0 Å². The van der Waals surface area contributed by atoms with Crippen LogP contribution in [0.15, 0.2) is 4.52 Å². The second-order valence-electron chi connectivity index (χ2n) is 2.62. The number of fused-ring (bicyclic) bond motifs is 1. The minimum Gasteiger partial charge on any atom is -0.390 e. The lowest BCUT2D eigenvalue weighted by molar-refractivity contribution is 0.265. The van der Waals surface area contributed by atoms with Crippen LogP contribution in [-0.2, 0) is 19.6 Å². The van der Waals surface area contributed by atoms with Crippen LogP contribution in [0, 0.1) is 0 Å². The van der Waals surface area contributed by atoms with Crippen molar-refractivity contribution >= 4 is 0 Å². The standard InChI is InChI=1S/C7H10N2O2/c10-4-6-5-3-8-2-1-7(5)11-9-6/h8,10H,1-4H2. The van der Waals surface area contributed by atoms with Gasteiger partial charge in [0.25, 0.3) is 0 Å². The van der Waals surface area contributed by atoms with Crippen LogP contribution in [0.1, 0.15) is 17.0 Å². The van der Waals surface area contributed by atoms with Crippen molar-refractivity contribution in [3.05, 3.63) is 17.0 Å². The normalized spacial score (nSPS) is 16.5. The van der Waals surface area contributed by atoms with Crippen molar-refractivity contribution in [2.24, 2.45) is 0 Å². The highest BCUT2D eigenvalue weighted by Gasteiger charge is 2.17. The number of aliphatic hydroxyl groups is 1. The van der Waals surface area contributed by atoms with Crippen molar-refractivity contribution in [3.8, 4) is 0 Å². The molecule has 0 saturated carbocycles. The SMILES string of the molecule is OCc1noc2c1CNCC2. The number of hydrogen-bond donors (Lipinski definition) is 2. The van der Waals surface area contributed by atoms with E-state index in [1.54, 1.807) is 0 Å². The van der Waals surface area contributed by atoms with Crippen molar-refractivity contribution in [2.45, 2.75) is 19.6 Å². The van der Waals surface area contributed by atoms with Crippen LogP contribution in [0.5, 0.6) is 0 Å². The van der Waals surface area contributed by atoms with E-state index in [4.69, 9.17) is 9.63 Å². The first-order valence-corrected chi connectivity index (χ1v) is 3.69. The van der Waals surface area contributed by atoms with Gasteiger partial charge in [-0.3, -0.25) is 0 Å². The maximum absolute atomic E-state index is 8.83. The van der Waals surface area contributed by atoms with Crippen molar-refractivity contribution in [1.29, 1.82) is 0 Å². The highest BCUT2D eigenvalue weighted by Crippen LogP contribution is 2.17. The molecule has 0 amide bonds. The Morgan fingerprint density at radius 1 is 1.64 bits per heavy atom. The predicted molar refractivity (Wildman–Crippen MR) is 37.8 cm³/mol. The first kappa shape index (κ1) is 6.82. The molecule has 60 valence electrons. The summed E-state index contributed by atoms with van der Waals surface area (Å²) in [6.45, 7) is 1.68. The molecule has 11 heavy (non-hydrogen) atoms. The first-order chi connectivity index (χ1) is 5.42. The van der Waals surface area contributed by atoms with E-state index in [0.717, 1.165) is 30.8 Å². The smallest absolute Gasteiger partial charge is 0.142 e. The van der Waals surface area contributed by atoms with E-state index in [1.807, 2.05) is 0 Å². The second kappa shape index (κ2) is 2.64. The average molecular weight is 154 g/mol. The fourth-order valence-electron chi connectivity index (χ4n) is 1.32. The van der Waals surface area contributed by atoms with Gasteiger partial charge in [-0.25, -0.2) is 0 Å². The van der Waals surface area contributed by atoms with Crippen LogP contribution < -0.4 is 5.32 Å². The van der Waals surface area contributed by atoms with E-state index >= 15 is 0 Å². The van der Waals surface area contributed by atoms with Gasteiger partial charge in [0.1, 0.15) is 11.5 Å². The highest BCUT2D eigenvalue weighted by molar-refractivity contribution is 5.24. The summed E-state index contributed by atoms with van der Waals surface area (Å²) in [4.78, 5) is 0. The Morgan fingerprint density at radius 2 is 2.55 bits per heavy atom. The molecule has 4 heteroatoms. The Balaban J connectivity index is 2.38. The molecule has 2 N–H and O–H groups in total.